The summed E-state index contributed by atoms with van der Waals surface area (Å²) in [5.74, 6) is 0. The van der Waals surface area contributed by atoms with Gasteiger partial charge in [-0.1, -0.05) is 42.5 Å². The molecule has 0 saturated carbocycles. The summed E-state index contributed by atoms with van der Waals surface area (Å²) in [6.07, 6.45) is 5.98. The zero-order valence-corrected chi connectivity index (χ0v) is 11.0. The number of hydrogen-bond acceptors (Lipinski definition) is 2. The third kappa shape index (κ3) is 2.15. The van der Waals surface area contributed by atoms with Gasteiger partial charge in [0.15, 0.2) is 5.65 Å². The number of fused-ring (bicyclic) bond motifs is 1. The summed E-state index contributed by atoms with van der Waals surface area (Å²) in [5.41, 5.74) is 5.27. The topological polar surface area (TPSA) is 30.2 Å². The number of rotatable bonds is 2. The molecule has 0 fully saturated rings. The summed E-state index contributed by atoms with van der Waals surface area (Å²) in [6.45, 7) is 4.04. The molecule has 0 amide bonds. The summed E-state index contributed by atoms with van der Waals surface area (Å²) in [5, 5.41) is 4.34. The zero-order valence-electron chi connectivity index (χ0n) is 11.0. The highest BCUT2D eigenvalue weighted by atomic mass is 15.3. The van der Waals surface area contributed by atoms with Gasteiger partial charge in [-0.25, -0.2) is 9.50 Å². The molecule has 3 heteroatoms. The largest absolute Gasteiger partial charge is 0.231 e. The molecule has 0 aliphatic carbocycles. The number of nitrogens with zero attached hydrogens (tertiary/aromatic N) is 3. The van der Waals surface area contributed by atoms with Crippen molar-refractivity contribution in [2.45, 2.75) is 13.8 Å². The predicted molar refractivity (Wildman–Crippen MR) is 77.8 cm³/mol. The Morgan fingerprint density at radius 1 is 1.00 bits per heavy atom. The van der Waals surface area contributed by atoms with Gasteiger partial charge in [0.2, 0.25) is 0 Å². The molecule has 0 saturated heterocycles. The van der Waals surface area contributed by atoms with Gasteiger partial charge in [-0.05, 0) is 25.5 Å². The van der Waals surface area contributed by atoms with Crippen LogP contribution in [0.2, 0.25) is 0 Å². The van der Waals surface area contributed by atoms with Crippen LogP contribution in [0.25, 0.3) is 17.8 Å². The first-order chi connectivity index (χ1) is 9.25. The molecule has 0 aliphatic heterocycles. The molecule has 2 heterocycles. The van der Waals surface area contributed by atoms with Gasteiger partial charge < -0.3 is 0 Å². The smallest absolute Gasteiger partial charge is 0.161 e. The Labute approximate surface area is 112 Å². The minimum absolute atomic E-state index is 0.907. The van der Waals surface area contributed by atoms with Crippen molar-refractivity contribution in [1.82, 2.24) is 14.6 Å². The number of imidazole rings is 1. The van der Waals surface area contributed by atoms with Crippen LogP contribution in [0.1, 0.15) is 22.5 Å². The Morgan fingerprint density at radius 3 is 2.58 bits per heavy atom. The normalized spacial score (nSPS) is 11.5. The van der Waals surface area contributed by atoms with Crippen molar-refractivity contribution in [2.24, 2.45) is 0 Å². The fraction of sp³-hybridized carbons (Fsp3) is 0.125. The maximum Gasteiger partial charge on any atom is 0.161 e. The van der Waals surface area contributed by atoms with Crippen LogP contribution in [-0.2, 0) is 0 Å². The number of aromatic nitrogens is 3. The van der Waals surface area contributed by atoms with E-state index in [1.165, 1.54) is 5.56 Å². The van der Waals surface area contributed by atoms with Crippen molar-refractivity contribution in [3.05, 3.63) is 65.1 Å². The lowest BCUT2D eigenvalue weighted by molar-refractivity contribution is 0.894. The summed E-state index contributed by atoms with van der Waals surface area (Å²) in [4.78, 5) is 4.57. The Bertz CT molecular complexity index is 739. The molecule has 0 bridgehead atoms. The SMILES string of the molecule is Cc1nc2c(C=Cc3ccccc3)ccnn2c1C. The zero-order chi connectivity index (χ0) is 13.2. The minimum Gasteiger partial charge on any atom is -0.231 e. The standard InChI is InChI=1S/C16H15N3/c1-12-13(2)19-16(18-12)15(10-11-17-19)9-8-14-6-4-3-5-7-14/h3-11H,1-2H3. The van der Waals surface area contributed by atoms with Crippen molar-refractivity contribution in [2.75, 3.05) is 0 Å². The van der Waals surface area contributed by atoms with E-state index in [0.29, 0.717) is 0 Å². The first-order valence-electron chi connectivity index (χ1n) is 6.30. The fourth-order valence-corrected chi connectivity index (χ4v) is 2.06. The Kier molecular flexibility index (Phi) is 2.88. The first-order valence-corrected chi connectivity index (χ1v) is 6.30. The second-order valence-electron chi connectivity index (χ2n) is 4.55. The van der Waals surface area contributed by atoms with Crippen molar-refractivity contribution in [3.8, 4) is 0 Å². The lowest BCUT2D eigenvalue weighted by Gasteiger charge is -1.98. The molecule has 3 aromatic rings. The van der Waals surface area contributed by atoms with Crippen molar-refractivity contribution < 1.29 is 0 Å². The third-order valence-corrected chi connectivity index (χ3v) is 3.26. The molecule has 0 radical (unpaired) electrons. The lowest BCUT2D eigenvalue weighted by Crippen LogP contribution is -1.94. The maximum atomic E-state index is 4.57. The van der Waals surface area contributed by atoms with Crippen LogP contribution in [-0.4, -0.2) is 14.6 Å². The molecule has 0 spiro atoms. The molecular formula is C16H15N3. The van der Waals surface area contributed by atoms with E-state index < -0.39 is 0 Å². The highest BCUT2D eigenvalue weighted by molar-refractivity contribution is 5.76. The summed E-state index contributed by atoms with van der Waals surface area (Å²) in [6, 6.07) is 12.2. The van der Waals surface area contributed by atoms with Crippen LogP contribution in [0.3, 0.4) is 0 Å². The van der Waals surface area contributed by atoms with Gasteiger partial charge in [0.25, 0.3) is 0 Å². The lowest BCUT2D eigenvalue weighted by atomic mass is 10.2. The van der Waals surface area contributed by atoms with Gasteiger partial charge in [-0.2, -0.15) is 5.10 Å². The predicted octanol–water partition coefficient (Wildman–Crippen LogP) is 3.52. The molecule has 0 unspecified atom stereocenters. The molecule has 19 heavy (non-hydrogen) atoms. The molecule has 0 aliphatic rings. The average molecular weight is 249 g/mol. The third-order valence-electron chi connectivity index (χ3n) is 3.26. The second-order valence-corrected chi connectivity index (χ2v) is 4.55. The van der Waals surface area contributed by atoms with Crippen LogP contribution in [0.5, 0.6) is 0 Å². The molecule has 3 rings (SSSR count). The Balaban J connectivity index is 2.06. The van der Waals surface area contributed by atoms with E-state index in [-0.39, 0.29) is 0 Å². The average Bonchev–Trinajstić information content (AvgIpc) is 2.74. The van der Waals surface area contributed by atoms with Crippen molar-refractivity contribution in [1.29, 1.82) is 0 Å². The van der Waals surface area contributed by atoms with Crippen LogP contribution >= 0.6 is 0 Å². The van der Waals surface area contributed by atoms with Gasteiger partial charge >= 0.3 is 0 Å². The summed E-state index contributed by atoms with van der Waals surface area (Å²) >= 11 is 0. The Hall–Kier alpha value is -2.42. The molecular weight excluding hydrogens is 234 g/mol. The van der Waals surface area contributed by atoms with Gasteiger partial charge in [0.1, 0.15) is 0 Å². The minimum atomic E-state index is 0.907. The first kappa shape index (κ1) is 11.7. The number of aryl methyl sites for hydroxylation is 2. The van der Waals surface area contributed by atoms with Gasteiger partial charge in [0.05, 0.1) is 11.4 Å². The molecule has 3 nitrogen and oxygen atoms in total. The van der Waals surface area contributed by atoms with Gasteiger partial charge in [0, 0.05) is 11.8 Å². The van der Waals surface area contributed by atoms with Crippen LogP contribution in [0.4, 0.5) is 0 Å². The van der Waals surface area contributed by atoms with E-state index in [9.17, 15) is 0 Å². The van der Waals surface area contributed by atoms with E-state index in [4.69, 9.17) is 0 Å². The number of hydrogen-bond donors (Lipinski definition) is 0. The molecule has 0 atom stereocenters. The maximum absolute atomic E-state index is 4.57. The summed E-state index contributed by atoms with van der Waals surface area (Å²) in [7, 11) is 0. The highest BCUT2D eigenvalue weighted by Crippen LogP contribution is 2.16. The monoisotopic (exact) mass is 249 g/mol. The van der Waals surface area contributed by atoms with Crippen LogP contribution in [0, 0.1) is 13.8 Å². The van der Waals surface area contributed by atoms with E-state index >= 15 is 0 Å². The van der Waals surface area contributed by atoms with Crippen molar-refractivity contribution >= 4 is 17.8 Å². The fourth-order valence-electron chi connectivity index (χ4n) is 2.06. The van der Waals surface area contributed by atoms with Gasteiger partial charge in [-0.15, -0.1) is 0 Å². The van der Waals surface area contributed by atoms with E-state index in [0.717, 1.165) is 22.6 Å². The van der Waals surface area contributed by atoms with Gasteiger partial charge in [-0.3, -0.25) is 0 Å². The van der Waals surface area contributed by atoms with Crippen molar-refractivity contribution in [3.63, 3.8) is 0 Å². The molecule has 1 aromatic carbocycles. The van der Waals surface area contributed by atoms with Crippen LogP contribution < -0.4 is 0 Å². The molecule has 0 N–H and O–H groups in total. The molecule has 2 aromatic heterocycles. The van der Waals surface area contributed by atoms with E-state index in [2.05, 4.69) is 34.4 Å². The van der Waals surface area contributed by atoms with Crippen LogP contribution in [0.15, 0.2) is 42.6 Å². The highest BCUT2D eigenvalue weighted by Gasteiger charge is 2.07. The van der Waals surface area contributed by atoms with E-state index in [1.807, 2.05) is 48.8 Å². The van der Waals surface area contributed by atoms with E-state index in [1.54, 1.807) is 0 Å². The molecule has 94 valence electrons. The quantitative estimate of drug-likeness (QED) is 0.695. The Morgan fingerprint density at radius 2 is 1.79 bits per heavy atom. The number of benzene rings is 1. The second kappa shape index (κ2) is 4.69. The summed E-state index contributed by atoms with van der Waals surface area (Å²) < 4.78 is 1.89.